The maximum Gasteiger partial charge on any atom is 0.216 e. The number of hydrogen-bond donors (Lipinski definition) is 1. The summed E-state index contributed by atoms with van der Waals surface area (Å²) in [6.45, 7) is 0. The predicted octanol–water partition coefficient (Wildman–Crippen LogP) is 0.516. The van der Waals surface area contributed by atoms with E-state index in [0.717, 1.165) is 0 Å². The molecular weight excluding hydrogens is 180 g/mol. The first-order chi connectivity index (χ1) is 5.59. The molecule has 1 aliphatic heterocycles. The van der Waals surface area contributed by atoms with Gasteiger partial charge >= 0.3 is 0 Å². The first-order valence-corrected chi connectivity index (χ1v) is 4.93. The summed E-state index contributed by atoms with van der Waals surface area (Å²) in [6.07, 6.45) is 0. The van der Waals surface area contributed by atoms with Crippen LogP contribution in [0.2, 0.25) is 0 Å². The van der Waals surface area contributed by atoms with E-state index in [-0.39, 0.29) is 22.3 Å². The van der Waals surface area contributed by atoms with Crippen molar-refractivity contribution in [2.24, 2.45) is 0 Å². The van der Waals surface area contributed by atoms with E-state index in [1.807, 2.05) is 0 Å². The van der Waals surface area contributed by atoms with Gasteiger partial charge in [-0.2, -0.15) is 0 Å². The van der Waals surface area contributed by atoms with Gasteiger partial charge in [0.25, 0.3) is 0 Å². The standard InChI is InChI=1S/C7H6O4S/c8-5-1-2-7-6(3-5)11-4-12(7,9)10/h1-3,8H,4H2. The van der Waals surface area contributed by atoms with Crippen LogP contribution in [0.4, 0.5) is 0 Å². The smallest absolute Gasteiger partial charge is 0.216 e. The largest absolute Gasteiger partial charge is 0.508 e. The van der Waals surface area contributed by atoms with Crippen molar-refractivity contribution in [1.82, 2.24) is 0 Å². The summed E-state index contributed by atoms with van der Waals surface area (Å²) in [5.74, 6) is -0.0907. The molecule has 1 heterocycles. The molecule has 0 saturated heterocycles. The van der Waals surface area contributed by atoms with Crippen molar-refractivity contribution in [2.45, 2.75) is 4.90 Å². The number of hydrogen-bond acceptors (Lipinski definition) is 4. The first kappa shape index (κ1) is 7.42. The molecule has 0 atom stereocenters. The van der Waals surface area contributed by atoms with Crippen LogP contribution in [-0.4, -0.2) is 19.5 Å². The Morgan fingerprint density at radius 1 is 1.42 bits per heavy atom. The number of phenols is 1. The van der Waals surface area contributed by atoms with E-state index in [9.17, 15) is 8.42 Å². The van der Waals surface area contributed by atoms with E-state index in [2.05, 4.69) is 0 Å². The summed E-state index contributed by atoms with van der Waals surface area (Å²) in [7, 11) is -3.26. The number of sulfone groups is 1. The minimum Gasteiger partial charge on any atom is -0.508 e. The zero-order valence-electron chi connectivity index (χ0n) is 6.02. The highest BCUT2D eigenvalue weighted by molar-refractivity contribution is 7.91. The summed E-state index contributed by atoms with van der Waals surface area (Å²) in [5.41, 5.74) is 0. The fourth-order valence-corrected chi connectivity index (χ4v) is 2.18. The highest BCUT2D eigenvalue weighted by Gasteiger charge is 2.27. The van der Waals surface area contributed by atoms with Crippen LogP contribution in [-0.2, 0) is 9.84 Å². The van der Waals surface area contributed by atoms with Crippen molar-refractivity contribution in [2.75, 3.05) is 5.94 Å². The van der Waals surface area contributed by atoms with Gasteiger partial charge in [-0.1, -0.05) is 0 Å². The topological polar surface area (TPSA) is 63.6 Å². The second-order valence-corrected chi connectivity index (χ2v) is 4.41. The van der Waals surface area contributed by atoms with Gasteiger partial charge in [0.05, 0.1) is 0 Å². The lowest BCUT2D eigenvalue weighted by Gasteiger charge is -1.95. The van der Waals surface area contributed by atoms with Crippen LogP contribution in [0.5, 0.6) is 11.5 Å². The van der Waals surface area contributed by atoms with Crippen LogP contribution in [0.3, 0.4) is 0 Å². The van der Waals surface area contributed by atoms with Crippen LogP contribution in [0.1, 0.15) is 0 Å². The number of aromatic hydroxyl groups is 1. The van der Waals surface area contributed by atoms with Crippen LogP contribution in [0.15, 0.2) is 23.1 Å². The molecule has 5 heteroatoms. The molecule has 0 bridgehead atoms. The summed E-state index contributed by atoms with van der Waals surface area (Å²) < 4.78 is 27.2. The van der Waals surface area contributed by atoms with Crippen LogP contribution < -0.4 is 4.74 Å². The summed E-state index contributed by atoms with van der Waals surface area (Å²) >= 11 is 0. The fraction of sp³-hybridized carbons (Fsp3) is 0.143. The average Bonchev–Trinajstić information content (AvgIpc) is 2.27. The van der Waals surface area contributed by atoms with Crippen molar-refractivity contribution in [3.8, 4) is 11.5 Å². The molecule has 0 fully saturated rings. The van der Waals surface area contributed by atoms with Gasteiger partial charge in [-0.05, 0) is 12.1 Å². The van der Waals surface area contributed by atoms with Crippen molar-refractivity contribution in [1.29, 1.82) is 0 Å². The minimum atomic E-state index is -3.26. The molecule has 12 heavy (non-hydrogen) atoms. The Hall–Kier alpha value is -1.23. The lowest BCUT2D eigenvalue weighted by atomic mass is 10.3. The number of ether oxygens (including phenoxy) is 1. The van der Waals surface area contributed by atoms with E-state index < -0.39 is 9.84 Å². The molecule has 1 aromatic carbocycles. The maximum atomic E-state index is 11.2. The molecule has 1 N–H and O–H groups in total. The molecule has 0 aromatic heterocycles. The highest BCUT2D eigenvalue weighted by atomic mass is 32.2. The summed E-state index contributed by atoms with van der Waals surface area (Å²) in [4.78, 5) is 0.153. The number of fused-ring (bicyclic) bond motifs is 1. The van der Waals surface area contributed by atoms with E-state index in [0.29, 0.717) is 0 Å². The van der Waals surface area contributed by atoms with Gasteiger partial charge in [0.1, 0.15) is 16.4 Å². The molecule has 2 rings (SSSR count). The van der Waals surface area contributed by atoms with E-state index in [1.54, 1.807) is 0 Å². The number of phenolic OH excluding ortho intramolecular Hbond substituents is 1. The Bertz CT molecular complexity index is 421. The number of rotatable bonds is 0. The lowest BCUT2D eigenvalue weighted by Crippen LogP contribution is -2.01. The quantitative estimate of drug-likeness (QED) is 0.641. The van der Waals surface area contributed by atoms with Gasteiger partial charge in [0, 0.05) is 6.07 Å². The van der Waals surface area contributed by atoms with Gasteiger partial charge in [-0.3, -0.25) is 0 Å². The highest BCUT2D eigenvalue weighted by Crippen LogP contribution is 2.33. The molecule has 1 aromatic rings. The molecule has 0 aliphatic carbocycles. The third kappa shape index (κ3) is 0.937. The molecule has 0 spiro atoms. The Morgan fingerprint density at radius 2 is 2.17 bits per heavy atom. The maximum absolute atomic E-state index is 11.2. The van der Waals surface area contributed by atoms with Crippen molar-refractivity contribution < 1.29 is 18.3 Å². The zero-order chi connectivity index (χ0) is 8.77. The third-order valence-electron chi connectivity index (χ3n) is 1.63. The van der Waals surface area contributed by atoms with Gasteiger partial charge in [-0.15, -0.1) is 0 Å². The van der Waals surface area contributed by atoms with Gasteiger partial charge in [0.15, 0.2) is 5.94 Å². The van der Waals surface area contributed by atoms with E-state index in [1.165, 1.54) is 18.2 Å². The predicted molar refractivity (Wildman–Crippen MR) is 40.8 cm³/mol. The molecule has 1 aliphatic rings. The normalized spacial score (nSPS) is 18.3. The molecular formula is C7H6O4S. The molecule has 64 valence electrons. The SMILES string of the molecule is O=S1(=O)COc2cc(O)ccc21. The Morgan fingerprint density at radius 3 is 2.92 bits per heavy atom. The molecule has 0 saturated carbocycles. The lowest BCUT2D eigenvalue weighted by molar-refractivity contribution is 0.385. The van der Waals surface area contributed by atoms with Crippen LogP contribution >= 0.6 is 0 Å². The van der Waals surface area contributed by atoms with Gasteiger partial charge in [-0.25, -0.2) is 8.42 Å². The monoisotopic (exact) mass is 186 g/mol. The molecule has 0 unspecified atom stereocenters. The minimum absolute atomic E-state index is 0.00542. The second kappa shape index (κ2) is 2.13. The van der Waals surface area contributed by atoms with Crippen molar-refractivity contribution >= 4 is 9.84 Å². The molecule has 4 nitrogen and oxygen atoms in total. The zero-order valence-corrected chi connectivity index (χ0v) is 6.84. The molecule has 0 amide bonds. The van der Waals surface area contributed by atoms with Crippen molar-refractivity contribution in [3.05, 3.63) is 18.2 Å². The first-order valence-electron chi connectivity index (χ1n) is 3.28. The van der Waals surface area contributed by atoms with Crippen LogP contribution in [0.25, 0.3) is 0 Å². The average molecular weight is 186 g/mol. The van der Waals surface area contributed by atoms with Gasteiger partial charge < -0.3 is 9.84 Å². The van der Waals surface area contributed by atoms with Gasteiger partial charge in [0.2, 0.25) is 9.84 Å². The molecule has 0 radical (unpaired) electrons. The summed E-state index contributed by atoms with van der Waals surface area (Å²) in [6, 6.07) is 3.96. The summed E-state index contributed by atoms with van der Waals surface area (Å²) in [5, 5.41) is 8.99. The van der Waals surface area contributed by atoms with Crippen molar-refractivity contribution in [3.63, 3.8) is 0 Å². The second-order valence-electron chi connectivity index (χ2n) is 2.51. The number of benzene rings is 1. The fourth-order valence-electron chi connectivity index (χ4n) is 1.07. The van der Waals surface area contributed by atoms with Crippen LogP contribution in [0, 0.1) is 0 Å². The Kier molecular flexibility index (Phi) is 1.32. The van der Waals surface area contributed by atoms with E-state index in [4.69, 9.17) is 9.84 Å². The van der Waals surface area contributed by atoms with E-state index >= 15 is 0 Å². The third-order valence-corrected chi connectivity index (χ3v) is 3.07. The Balaban J connectivity index is 2.71. The Labute approximate surface area is 69.3 Å².